The van der Waals surface area contributed by atoms with E-state index in [1.807, 2.05) is 24.8 Å². The van der Waals surface area contributed by atoms with E-state index >= 15 is 0 Å². The SMILES string of the molecule is CC(=O)Nc1ccc(C2=C(N3CC(C)OC(C)C3)C(=O)N(Cc3ccccn3)C2=O)cc1. The van der Waals surface area contributed by atoms with Crippen molar-refractivity contribution >= 4 is 29.0 Å². The van der Waals surface area contributed by atoms with Gasteiger partial charge in [-0.1, -0.05) is 18.2 Å². The molecule has 1 N–H and O–H groups in total. The van der Waals surface area contributed by atoms with Gasteiger partial charge < -0.3 is 15.0 Å². The topological polar surface area (TPSA) is 91.8 Å². The monoisotopic (exact) mass is 434 g/mol. The molecule has 166 valence electrons. The van der Waals surface area contributed by atoms with Gasteiger partial charge in [0, 0.05) is 31.9 Å². The third-order valence-electron chi connectivity index (χ3n) is 5.42. The largest absolute Gasteiger partial charge is 0.372 e. The van der Waals surface area contributed by atoms with Gasteiger partial charge in [-0.15, -0.1) is 0 Å². The Balaban J connectivity index is 1.73. The molecule has 2 unspecified atom stereocenters. The highest BCUT2D eigenvalue weighted by atomic mass is 16.5. The molecule has 8 heteroatoms. The maximum absolute atomic E-state index is 13.5. The number of carbonyl (C=O) groups is 3. The molecule has 1 aromatic carbocycles. The Bertz CT molecular complexity index is 1060. The summed E-state index contributed by atoms with van der Waals surface area (Å²) in [7, 11) is 0. The minimum absolute atomic E-state index is 0.0672. The van der Waals surface area contributed by atoms with Crippen LogP contribution < -0.4 is 5.32 Å². The van der Waals surface area contributed by atoms with Crippen LogP contribution in [0.2, 0.25) is 0 Å². The highest BCUT2D eigenvalue weighted by molar-refractivity contribution is 6.35. The number of hydrogen-bond acceptors (Lipinski definition) is 6. The number of benzene rings is 1. The van der Waals surface area contributed by atoms with E-state index in [9.17, 15) is 14.4 Å². The maximum atomic E-state index is 13.5. The maximum Gasteiger partial charge on any atom is 0.278 e. The van der Waals surface area contributed by atoms with Crippen molar-refractivity contribution in [1.82, 2.24) is 14.8 Å². The molecule has 8 nitrogen and oxygen atoms in total. The zero-order valence-corrected chi connectivity index (χ0v) is 18.4. The first-order valence-electron chi connectivity index (χ1n) is 10.6. The summed E-state index contributed by atoms with van der Waals surface area (Å²) in [4.78, 5) is 45.8. The van der Waals surface area contributed by atoms with E-state index in [1.54, 1.807) is 42.6 Å². The summed E-state index contributed by atoms with van der Waals surface area (Å²) in [5.41, 5.74) is 2.64. The molecule has 0 spiro atoms. The lowest BCUT2D eigenvalue weighted by Crippen LogP contribution is -2.46. The Hall–Kier alpha value is -3.52. The number of hydrogen-bond donors (Lipinski definition) is 1. The molecule has 2 aliphatic heterocycles. The molecule has 2 aromatic rings. The van der Waals surface area contributed by atoms with Crippen LogP contribution >= 0.6 is 0 Å². The van der Waals surface area contributed by atoms with E-state index in [1.165, 1.54) is 11.8 Å². The van der Waals surface area contributed by atoms with Crippen molar-refractivity contribution in [3.63, 3.8) is 0 Å². The summed E-state index contributed by atoms with van der Waals surface area (Å²) in [6.07, 6.45) is 1.51. The molecular weight excluding hydrogens is 408 g/mol. The van der Waals surface area contributed by atoms with Crippen LogP contribution in [0, 0.1) is 0 Å². The van der Waals surface area contributed by atoms with Gasteiger partial charge in [-0.05, 0) is 43.7 Å². The fourth-order valence-corrected chi connectivity index (χ4v) is 4.20. The van der Waals surface area contributed by atoms with Crippen LogP contribution in [0.5, 0.6) is 0 Å². The third kappa shape index (κ3) is 4.40. The molecule has 2 aliphatic rings. The summed E-state index contributed by atoms with van der Waals surface area (Å²) < 4.78 is 5.83. The number of imide groups is 1. The number of ether oxygens (including phenoxy) is 1. The van der Waals surface area contributed by atoms with Crippen LogP contribution in [0.3, 0.4) is 0 Å². The molecular formula is C24H26N4O4. The summed E-state index contributed by atoms with van der Waals surface area (Å²) in [6, 6.07) is 12.4. The number of rotatable bonds is 5. The summed E-state index contributed by atoms with van der Waals surface area (Å²) in [5, 5.41) is 2.72. The Morgan fingerprint density at radius 2 is 1.75 bits per heavy atom. The Kier molecular flexibility index (Phi) is 6.05. The van der Waals surface area contributed by atoms with Crippen LogP contribution in [-0.2, 0) is 25.7 Å². The quantitative estimate of drug-likeness (QED) is 0.727. The molecule has 1 fully saturated rings. The van der Waals surface area contributed by atoms with Crippen molar-refractivity contribution in [1.29, 1.82) is 0 Å². The van der Waals surface area contributed by atoms with E-state index < -0.39 is 0 Å². The molecule has 0 saturated carbocycles. The first-order valence-corrected chi connectivity index (χ1v) is 10.6. The Labute approximate surface area is 186 Å². The standard InChI is InChI=1S/C24H26N4O4/c1-15-12-27(13-16(2)32-15)22-21(18-7-9-19(10-8-18)26-17(3)29)23(30)28(24(22)31)14-20-6-4-5-11-25-20/h4-11,15-16H,12-14H2,1-3H3,(H,26,29). The van der Waals surface area contributed by atoms with E-state index in [0.29, 0.717) is 41.3 Å². The smallest absolute Gasteiger partial charge is 0.278 e. The minimum atomic E-state index is -0.352. The van der Waals surface area contributed by atoms with Crippen molar-refractivity contribution in [2.24, 2.45) is 0 Å². The van der Waals surface area contributed by atoms with Crippen molar-refractivity contribution in [2.45, 2.75) is 39.5 Å². The van der Waals surface area contributed by atoms with Crippen molar-refractivity contribution < 1.29 is 19.1 Å². The minimum Gasteiger partial charge on any atom is -0.372 e. The van der Waals surface area contributed by atoms with Crippen LogP contribution in [0.25, 0.3) is 5.57 Å². The molecule has 2 atom stereocenters. The van der Waals surface area contributed by atoms with Crippen molar-refractivity contribution in [3.8, 4) is 0 Å². The number of pyridine rings is 1. The second-order valence-electron chi connectivity index (χ2n) is 8.16. The molecule has 3 heterocycles. The summed E-state index contributed by atoms with van der Waals surface area (Å²) >= 11 is 0. The van der Waals surface area contributed by atoms with Crippen LogP contribution in [0.1, 0.15) is 32.0 Å². The predicted octanol–water partition coefficient (Wildman–Crippen LogP) is 2.43. The van der Waals surface area contributed by atoms with Gasteiger partial charge in [0.25, 0.3) is 11.8 Å². The Morgan fingerprint density at radius 3 is 2.34 bits per heavy atom. The molecule has 32 heavy (non-hydrogen) atoms. The summed E-state index contributed by atoms with van der Waals surface area (Å²) in [5.74, 6) is -0.861. The van der Waals surface area contributed by atoms with Crippen LogP contribution in [0.15, 0.2) is 54.4 Å². The highest BCUT2D eigenvalue weighted by Gasteiger charge is 2.43. The highest BCUT2D eigenvalue weighted by Crippen LogP contribution is 2.34. The van der Waals surface area contributed by atoms with Gasteiger partial charge >= 0.3 is 0 Å². The van der Waals surface area contributed by atoms with Gasteiger partial charge in [0.1, 0.15) is 5.70 Å². The molecule has 1 aromatic heterocycles. The Morgan fingerprint density at radius 1 is 1.06 bits per heavy atom. The normalized spacial score (nSPS) is 21.3. The second kappa shape index (κ2) is 8.92. The predicted molar refractivity (Wildman–Crippen MR) is 119 cm³/mol. The lowest BCUT2D eigenvalue weighted by molar-refractivity contribution is -0.139. The summed E-state index contributed by atoms with van der Waals surface area (Å²) in [6.45, 7) is 6.48. The molecule has 1 saturated heterocycles. The molecule has 0 bridgehead atoms. The van der Waals surface area contributed by atoms with Crippen LogP contribution in [-0.4, -0.2) is 57.8 Å². The van der Waals surface area contributed by atoms with Gasteiger partial charge in [-0.3, -0.25) is 24.3 Å². The van der Waals surface area contributed by atoms with E-state index in [-0.39, 0.29) is 36.5 Å². The van der Waals surface area contributed by atoms with E-state index in [0.717, 1.165) is 0 Å². The fourth-order valence-electron chi connectivity index (χ4n) is 4.20. The lowest BCUT2D eigenvalue weighted by Gasteiger charge is -2.37. The van der Waals surface area contributed by atoms with Gasteiger partial charge in [-0.25, -0.2) is 0 Å². The van der Waals surface area contributed by atoms with Gasteiger partial charge in [-0.2, -0.15) is 0 Å². The first-order chi connectivity index (χ1) is 15.3. The van der Waals surface area contributed by atoms with Gasteiger partial charge in [0.15, 0.2) is 0 Å². The lowest BCUT2D eigenvalue weighted by atomic mass is 10.0. The number of aromatic nitrogens is 1. The fraction of sp³-hybridized carbons (Fsp3) is 0.333. The average Bonchev–Trinajstić information content (AvgIpc) is 2.99. The number of carbonyl (C=O) groups excluding carboxylic acids is 3. The average molecular weight is 434 g/mol. The molecule has 4 rings (SSSR count). The third-order valence-corrected chi connectivity index (χ3v) is 5.42. The second-order valence-corrected chi connectivity index (χ2v) is 8.16. The molecule has 0 aliphatic carbocycles. The number of morpholine rings is 1. The number of nitrogens with zero attached hydrogens (tertiary/aromatic N) is 3. The number of amides is 3. The zero-order chi connectivity index (χ0) is 22.8. The number of anilines is 1. The van der Waals surface area contributed by atoms with Gasteiger partial charge in [0.05, 0.1) is 30.0 Å². The molecule has 0 radical (unpaired) electrons. The van der Waals surface area contributed by atoms with Crippen molar-refractivity contribution in [2.75, 3.05) is 18.4 Å². The van der Waals surface area contributed by atoms with Gasteiger partial charge in [0.2, 0.25) is 5.91 Å². The zero-order valence-electron chi connectivity index (χ0n) is 18.4. The first kappa shape index (κ1) is 21.7. The van der Waals surface area contributed by atoms with Crippen molar-refractivity contribution in [3.05, 3.63) is 65.6 Å². The number of nitrogens with one attached hydrogen (secondary N) is 1. The van der Waals surface area contributed by atoms with E-state index in [2.05, 4.69) is 10.3 Å². The van der Waals surface area contributed by atoms with E-state index in [4.69, 9.17) is 4.74 Å². The van der Waals surface area contributed by atoms with Crippen LogP contribution in [0.4, 0.5) is 5.69 Å². The molecule has 3 amide bonds.